The molecule has 2 unspecified atom stereocenters. The highest BCUT2D eigenvalue weighted by molar-refractivity contribution is 5.33. The predicted octanol–water partition coefficient (Wildman–Crippen LogP) is 3.05. The van der Waals surface area contributed by atoms with Gasteiger partial charge in [0.1, 0.15) is 0 Å². The van der Waals surface area contributed by atoms with Crippen LogP contribution in [0, 0.1) is 19.8 Å². The van der Waals surface area contributed by atoms with Gasteiger partial charge in [0.15, 0.2) is 0 Å². The first-order chi connectivity index (χ1) is 9.20. The van der Waals surface area contributed by atoms with Gasteiger partial charge in [-0.1, -0.05) is 18.2 Å². The topological polar surface area (TPSA) is 15.3 Å². The summed E-state index contributed by atoms with van der Waals surface area (Å²) in [7, 11) is 2.08. The second kappa shape index (κ2) is 5.26. The third-order valence-electron chi connectivity index (χ3n) is 4.92. The van der Waals surface area contributed by atoms with Crippen molar-refractivity contribution in [2.75, 3.05) is 20.1 Å². The molecule has 1 saturated carbocycles. The number of nitrogens with one attached hydrogen (secondary N) is 1. The maximum absolute atomic E-state index is 3.39. The van der Waals surface area contributed by atoms with Crippen molar-refractivity contribution in [1.29, 1.82) is 0 Å². The van der Waals surface area contributed by atoms with Crippen LogP contribution in [0.1, 0.15) is 42.0 Å². The molecule has 1 aromatic carbocycles. The van der Waals surface area contributed by atoms with Crippen molar-refractivity contribution in [1.82, 2.24) is 10.2 Å². The molecular formula is C17H26N2. The van der Waals surface area contributed by atoms with E-state index in [0.29, 0.717) is 6.04 Å². The molecular weight excluding hydrogens is 232 g/mol. The third-order valence-corrected chi connectivity index (χ3v) is 4.92. The van der Waals surface area contributed by atoms with Crippen LogP contribution in [0.4, 0.5) is 0 Å². The Morgan fingerprint density at radius 2 is 1.95 bits per heavy atom. The summed E-state index contributed by atoms with van der Waals surface area (Å²) in [6.45, 7) is 6.87. The summed E-state index contributed by atoms with van der Waals surface area (Å²) in [6.07, 6.45) is 4.16. The number of hydrogen-bond acceptors (Lipinski definition) is 2. The molecule has 2 heteroatoms. The first-order valence-electron chi connectivity index (χ1n) is 7.68. The molecule has 1 aliphatic carbocycles. The monoisotopic (exact) mass is 258 g/mol. The molecule has 1 aliphatic heterocycles. The molecule has 0 bridgehead atoms. The van der Waals surface area contributed by atoms with Crippen LogP contribution in [0.25, 0.3) is 0 Å². The SMILES string of the molecule is CNCC1CCN(C2CC2)C1c1ccc(C)c(C)c1. The standard InChI is InChI=1S/C17H26N2/c1-12-4-5-14(10-13(12)2)17-15(11-18-3)8-9-19(17)16-6-7-16/h4-5,10,15-18H,6-9,11H2,1-3H3. The second-order valence-electron chi connectivity index (χ2n) is 6.36. The van der Waals surface area contributed by atoms with E-state index < -0.39 is 0 Å². The molecule has 0 spiro atoms. The van der Waals surface area contributed by atoms with Crippen LogP contribution in [0.2, 0.25) is 0 Å². The molecule has 2 aliphatic rings. The van der Waals surface area contributed by atoms with Gasteiger partial charge in [-0.2, -0.15) is 0 Å². The lowest BCUT2D eigenvalue weighted by Crippen LogP contribution is -2.30. The van der Waals surface area contributed by atoms with Crippen LogP contribution in [0.15, 0.2) is 18.2 Å². The normalized spacial score (nSPS) is 27.9. The fourth-order valence-corrected chi connectivity index (χ4v) is 3.59. The molecule has 3 rings (SSSR count). The van der Waals surface area contributed by atoms with Crippen molar-refractivity contribution < 1.29 is 0 Å². The molecule has 1 heterocycles. The van der Waals surface area contributed by atoms with Gasteiger partial charge in [0, 0.05) is 12.1 Å². The van der Waals surface area contributed by atoms with E-state index in [1.165, 1.54) is 42.5 Å². The van der Waals surface area contributed by atoms with Crippen LogP contribution >= 0.6 is 0 Å². The van der Waals surface area contributed by atoms with E-state index in [4.69, 9.17) is 0 Å². The van der Waals surface area contributed by atoms with Crippen molar-refractivity contribution in [3.63, 3.8) is 0 Å². The van der Waals surface area contributed by atoms with E-state index in [1.54, 1.807) is 0 Å². The second-order valence-corrected chi connectivity index (χ2v) is 6.36. The Labute approximate surface area is 117 Å². The van der Waals surface area contributed by atoms with Gasteiger partial charge in [0.25, 0.3) is 0 Å². The maximum Gasteiger partial charge on any atom is 0.0391 e. The lowest BCUT2D eigenvalue weighted by molar-refractivity contribution is 0.217. The molecule has 2 atom stereocenters. The molecule has 0 radical (unpaired) electrons. The highest BCUT2D eigenvalue weighted by atomic mass is 15.2. The molecule has 2 nitrogen and oxygen atoms in total. The van der Waals surface area contributed by atoms with Gasteiger partial charge in [-0.05, 0) is 75.9 Å². The smallest absolute Gasteiger partial charge is 0.0391 e. The van der Waals surface area contributed by atoms with E-state index in [9.17, 15) is 0 Å². The van der Waals surface area contributed by atoms with Gasteiger partial charge < -0.3 is 5.32 Å². The molecule has 1 saturated heterocycles. The first-order valence-corrected chi connectivity index (χ1v) is 7.68. The van der Waals surface area contributed by atoms with Gasteiger partial charge in [0.05, 0.1) is 0 Å². The van der Waals surface area contributed by atoms with Crippen LogP contribution in [-0.4, -0.2) is 31.1 Å². The zero-order chi connectivity index (χ0) is 13.4. The van der Waals surface area contributed by atoms with E-state index in [1.807, 2.05) is 0 Å². The molecule has 0 aromatic heterocycles. The molecule has 104 valence electrons. The van der Waals surface area contributed by atoms with Gasteiger partial charge in [-0.3, -0.25) is 4.90 Å². The number of hydrogen-bond donors (Lipinski definition) is 1. The van der Waals surface area contributed by atoms with E-state index >= 15 is 0 Å². The minimum absolute atomic E-state index is 0.638. The maximum atomic E-state index is 3.39. The van der Waals surface area contributed by atoms with Crippen molar-refractivity contribution in [2.45, 2.75) is 45.2 Å². The zero-order valence-corrected chi connectivity index (χ0v) is 12.4. The van der Waals surface area contributed by atoms with Gasteiger partial charge in [0.2, 0.25) is 0 Å². The molecule has 0 amide bonds. The number of rotatable bonds is 4. The zero-order valence-electron chi connectivity index (χ0n) is 12.4. The lowest BCUT2D eigenvalue weighted by atomic mass is 9.91. The molecule has 2 fully saturated rings. The molecule has 1 N–H and O–H groups in total. The van der Waals surface area contributed by atoms with Crippen LogP contribution in [0.3, 0.4) is 0 Å². The Morgan fingerprint density at radius 1 is 1.16 bits per heavy atom. The Hall–Kier alpha value is -0.860. The van der Waals surface area contributed by atoms with Crippen molar-refractivity contribution in [2.24, 2.45) is 5.92 Å². The summed E-state index contributed by atoms with van der Waals surface area (Å²) in [5, 5.41) is 3.39. The summed E-state index contributed by atoms with van der Waals surface area (Å²) in [4.78, 5) is 2.77. The Kier molecular flexibility index (Phi) is 3.64. The largest absolute Gasteiger partial charge is 0.319 e. The summed E-state index contributed by atoms with van der Waals surface area (Å²) < 4.78 is 0. The fourth-order valence-electron chi connectivity index (χ4n) is 3.59. The van der Waals surface area contributed by atoms with Crippen molar-refractivity contribution in [3.8, 4) is 0 Å². The summed E-state index contributed by atoms with van der Waals surface area (Å²) in [6, 6.07) is 8.58. The van der Waals surface area contributed by atoms with Crippen LogP contribution in [-0.2, 0) is 0 Å². The van der Waals surface area contributed by atoms with Gasteiger partial charge in [-0.25, -0.2) is 0 Å². The molecule has 19 heavy (non-hydrogen) atoms. The number of nitrogens with zero attached hydrogens (tertiary/aromatic N) is 1. The Balaban J connectivity index is 1.89. The minimum Gasteiger partial charge on any atom is -0.319 e. The average molecular weight is 258 g/mol. The highest BCUT2D eigenvalue weighted by Crippen LogP contribution is 2.44. The van der Waals surface area contributed by atoms with Gasteiger partial charge in [-0.15, -0.1) is 0 Å². The molecule has 1 aromatic rings. The fraction of sp³-hybridized carbons (Fsp3) is 0.647. The average Bonchev–Trinajstić information content (AvgIpc) is 3.15. The quantitative estimate of drug-likeness (QED) is 0.893. The highest BCUT2D eigenvalue weighted by Gasteiger charge is 2.42. The van der Waals surface area contributed by atoms with E-state index in [2.05, 4.69) is 49.3 Å². The number of likely N-dealkylation sites (tertiary alicyclic amines) is 1. The third kappa shape index (κ3) is 2.56. The van der Waals surface area contributed by atoms with E-state index in [0.717, 1.165) is 18.5 Å². The summed E-state index contributed by atoms with van der Waals surface area (Å²) >= 11 is 0. The first kappa shape index (κ1) is 13.1. The Bertz CT molecular complexity index is 451. The lowest BCUT2D eigenvalue weighted by Gasteiger charge is -2.29. The summed E-state index contributed by atoms with van der Waals surface area (Å²) in [5.41, 5.74) is 4.38. The van der Waals surface area contributed by atoms with Crippen LogP contribution < -0.4 is 5.32 Å². The van der Waals surface area contributed by atoms with Gasteiger partial charge >= 0.3 is 0 Å². The Morgan fingerprint density at radius 3 is 2.58 bits per heavy atom. The van der Waals surface area contributed by atoms with E-state index in [-0.39, 0.29) is 0 Å². The van der Waals surface area contributed by atoms with Crippen molar-refractivity contribution >= 4 is 0 Å². The predicted molar refractivity (Wildman–Crippen MR) is 80.4 cm³/mol. The summed E-state index contributed by atoms with van der Waals surface area (Å²) in [5.74, 6) is 0.771. The number of benzene rings is 1. The van der Waals surface area contributed by atoms with Crippen molar-refractivity contribution in [3.05, 3.63) is 34.9 Å². The minimum atomic E-state index is 0.638. The number of aryl methyl sites for hydroxylation is 2. The van der Waals surface area contributed by atoms with Crippen LogP contribution in [0.5, 0.6) is 0 Å².